The van der Waals surface area contributed by atoms with Gasteiger partial charge in [-0.05, 0) is 30.5 Å². The highest BCUT2D eigenvalue weighted by molar-refractivity contribution is 6.57. The zero-order valence-corrected chi connectivity index (χ0v) is 12.2. The highest BCUT2D eigenvalue weighted by Gasteiger charge is 2.52. The fraction of sp³-hybridized carbons (Fsp3) is 0. The predicted molar refractivity (Wildman–Crippen MR) is 80.7 cm³/mol. The van der Waals surface area contributed by atoms with Gasteiger partial charge in [0.25, 0.3) is 0 Å². The molecule has 0 aliphatic carbocycles. The molecule has 0 saturated heterocycles. The molecule has 0 unspecified atom stereocenters. The van der Waals surface area contributed by atoms with Crippen LogP contribution in [0.5, 0.6) is 0 Å². The second-order valence-corrected chi connectivity index (χ2v) is 5.75. The first-order valence-electron chi connectivity index (χ1n) is 6.80. The molecule has 0 radical (unpaired) electrons. The molecule has 2 aliphatic rings. The van der Waals surface area contributed by atoms with Gasteiger partial charge in [0.1, 0.15) is 17.8 Å². The summed E-state index contributed by atoms with van der Waals surface area (Å²) in [4.78, 5) is 0. The molecule has 23 heavy (non-hydrogen) atoms. The number of nitrogens with zero attached hydrogens (tertiary/aromatic N) is 2. The Balaban J connectivity index is 2.10. The van der Waals surface area contributed by atoms with Crippen LogP contribution >= 0.6 is 11.6 Å². The van der Waals surface area contributed by atoms with Crippen LogP contribution in [0, 0.1) is 11.6 Å². The average Bonchev–Trinajstić information content (AvgIpc) is 3.11. The van der Waals surface area contributed by atoms with E-state index in [1.54, 1.807) is 0 Å². The Kier molecular flexibility index (Phi) is 2.87. The molecule has 116 valence electrons. The Morgan fingerprint density at radius 2 is 1.83 bits per heavy atom. The average molecular weight is 339 g/mol. The van der Waals surface area contributed by atoms with E-state index in [1.807, 2.05) is 0 Å². The van der Waals surface area contributed by atoms with Gasteiger partial charge in [0.05, 0.1) is 11.1 Å². The zero-order valence-electron chi connectivity index (χ0n) is 11.5. The number of allylic oxidation sites excluding steroid dienone is 2. The molecule has 2 nitrogen and oxygen atoms in total. The van der Waals surface area contributed by atoms with Gasteiger partial charge in [-0.25, -0.2) is 8.78 Å². The van der Waals surface area contributed by atoms with E-state index in [4.69, 9.17) is 11.6 Å². The quantitative estimate of drug-likeness (QED) is 0.547. The third kappa shape index (κ3) is 1.86. The normalized spacial score (nSPS) is 18.0. The van der Waals surface area contributed by atoms with Crippen LogP contribution in [0.3, 0.4) is 0 Å². The lowest BCUT2D eigenvalue weighted by atomic mass is 9.86. The fourth-order valence-corrected chi connectivity index (χ4v) is 3.25. The van der Waals surface area contributed by atoms with Crippen molar-refractivity contribution in [2.24, 2.45) is 0 Å². The third-order valence-electron chi connectivity index (χ3n) is 4.00. The van der Waals surface area contributed by atoms with Gasteiger partial charge in [-0.2, -0.15) is 0 Å². The van der Waals surface area contributed by atoms with E-state index in [1.165, 1.54) is 36.7 Å². The number of hydrogen-bond acceptors (Lipinski definition) is 0. The van der Waals surface area contributed by atoms with Gasteiger partial charge in [-0.15, -0.1) is 0 Å². The molecule has 0 spiro atoms. The van der Waals surface area contributed by atoms with Crippen molar-refractivity contribution in [3.63, 3.8) is 0 Å². The maximum absolute atomic E-state index is 14.6. The Morgan fingerprint density at radius 3 is 2.52 bits per heavy atom. The predicted octanol–water partition coefficient (Wildman–Crippen LogP) is 4.07. The van der Waals surface area contributed by atoms with Crippen LogP contribution in [-0.2, 0) is 0 Å². The van der Waals surface area contributed by atoms with Gasteiger partial charge < -0.3 is 17.6 Å². The minimum atomic E-state index is -4.10. The van der Waals surface area contributed by atoms with E-state index in [2.05, 4.69) is 0 Å². The van der Waals surface area contributed by atoms with Gasteiger partial charge in [0.2, 0.25) is 0 Å². The monoisotopic (exact) mass is 338 g/mol. The van der Waals surface area contributed by atoms with Gasteiger partial charge in [-0.3, -0.25) is 0 Å². The second-order valence-electron chi connectivity index (χ2n) is 5.31. The summed E-state index contributed by atoms with van der Waals surface area (Å²) < 4.78 is 59.3. The van der Waals surface area contributed by atoms with Crippen LogP contribution in [0.1, 0.15) is 11.3 Å². The molecule has 1 aromatic carbocycles. The van der Waals surface area contributed by atoms with Gasteiger partial charge in [0, 0.05) is 22.9 Å². The lowest BCUT2D eigenvalue weighted by Crippen LogP contribution is -2.49. The Hall–Kier alpha value is -2.28. The third-order valence-corrected chi connectivity index (χ3v) is 4.21. The molecule has 0 fully saturated rings. The molecular weight excluding hydrogens is 330 g/mol. The maximum atomic E-state index is 14.6. The lowest BCUT2D eigenvalue weighted by Gasteiger charge is -2.31. The molecule has 0 N–H and O–H groups in total. The minimum Gasteiger partial charge on any atom is -0.396 e. The molecular formula is C15H8BClF4N2. The molecule has 4 rings (SSSR count). The topological polar surface area (TPSA) is 7.94 Å². The number of aromatic nitrogens is 1. The van der Waals surface area contributed by atoms with Gasteiger partial charge >= 0.3 is 6.97 Å². The van der Waals surface area contributed by atoms with Crippen LogP contribution in [0.25, 0.3) is 5.57 Å². The Labute approximate surface area is 133 Å². The molecule has 0 bridgehead atoms. The summed E-state index contributed by atoms with van der Waals surface area (Å²) in [5, 5.41) is -0.0968. The first kappa shape index (κ1) is 14.3. The molecule has 1 aromatic heterocycles. The van der Waals surface area contributed by atoms with Crippen LogP contribution in [0.15, 0.2) is 48.3 Å². The van der Waals surface area contributed by atoms with Gasteiger partial charge in [0.15, 0.2) is 5.70 Å². The minimum absolute atomic E-state index is 0.0568. The van der Waals surface area contributed by atoms with Crippen molar-refractivity contribution < 1.29 is 21.9 Å². The molecule has 2 aliphatic heterocycles. The van der Waals surface area contributed by atoms with Crippen molar-refractivity contribution in [1.29, 1.82) is 0 Å². The van der Waals surface area contributed by atoms with Crippen LogP contribution < -0.4 is 0 Å². The molecule has 0 atom stereocenters. The Morgan fingerprint density at radius 1 is 1.13 bits per heavy atom. The number of fused-ring (bicyclic) bond motifs is 2. The number of rotatable bonds is 1. The van der Waals surface area contributed by atoms with Gasteiger partial charge in [-0.1, -0.05) is 11.6 Å². The molecule has 2 aromatic rings. The summed E-state index contributed by atoms with van der Waals surface area (Å²) in [6.45, 7) is -4.10. The lowest BCUT2D eigenvalue weighted by molar-refractivity contribution is -0.356. The standard InChI is InChI=1S/C15H8BClF4N2/c17-9-7-10(18)14(11(19)8-9)15-12-3-1-5-22(12)16(20,21)23-6-2-4-13(15)23/h1-8H. The van der Waals surface area contributed by atoms with E-state index in [0.717, 1.165) is 21.1 Å². The zero-order chi connectivity index (χ0) is 16.4. The highest BCUT2D eigenvalue weighted by Crippen LogP contribution is 2.40. The summed E-state index contributed by atoms with van der Waals surface area (Å²) in [6.07, 6.45) is 5.23. The van der Waals surface area contributed by atoms with Crippen molar-refractivity contribution >= 4 is 30.4 Å². The maximum Gasteiger partial charge on any atom is 0.737 e. The van der Waals surface area contributed by atoms with Crippen LogP contribution in [-0.4, -0.2) is 22.1 Å². The first-order chi connectivity index (χ1) is 10.9. The van der Waals surface area contributed by atoms with Crippen molar-refractivity contribution in [2.45, 2.75) is 0 Å². The number of benzene rings is 1. The van der Waals surface area contributed by atoms with Crippen molar-refractivity contribution in [1.82, 2.24) is 4.48 Å². The van der Waals surface area contributed by atoms with Crippen molar-refractivity contribution in [2.75, 3.05) is 0 Å². The van der Waals surface area contributed by atoms with E-state index >= 15 is 0 Å². The molecule has 0 saturated carbocycles. The first-order valence-corrected chi connectivity index (χ1v) is 7.18. The number of halogens is 5. The van der Waals surface area contributed by atoms with E-state index in [-0.39, 0.29) is 27.6 Å². The van der Waals surface area contributed by atoms with Crippen LogP contribution in [0.4, 0.5) is 17.4 Å². The van der Waals surface area contributed by atoms with Crippen molar-refractivity contribution in [3.8, 4) is 0 Å². The van der Waals surface area contributed by atoms with Crippen LogP contribution in [0.2, 0.25) is 5.02 Å². The smallest absolute Gasteiger partial charge is 0.396 e. The summed E-state index contributed by atoms with van der Waals surface area (Å²) in [6, 6.07) is 4.76. The largest absolute Gasteiger partial charge is 0.737 e. The SMILES string of the molecule is Fc1cc(Cl)cc(F)c1C1=C2C=CC=[N+]2[B-](F)(F)n2cccc21. The summed E-state index contributed by atoms with van der Waals surface area (Å²) in [5.74, 6) is -1.80. The summed E-state index contributed by atoms with van der Waals surface area (Å²) in [5.41, 5.74) is -0.192. The van der Waals surface area contributed by atoms with E-state index in [9.17, 15) is 17.4 Å². The summed E-state index contributed by atoms with van der Waals surface area (Å²) in [7, 11) is 0. The van der Waals surface area contributed by atoms with E-state index in [0.29, 0.717) is 0 Å². The molecule has 8 heteroatoms. The molecule has 3 heterocycles. The molecule has 0 amide bonds. The Bertz CT molecular complexity index is 920. The second kappa shape index (κ2) is 4.61. The van der Waals surface area contributed by atoms with E-state index < -0.39 is 18.6 Å². The highest BCUT2D eigenvalue weighted by atomic mass is 35.5. The number of hydrogen-bond donors (Lipinski definition) is 0. The van der Waals surface area contributed by atoms with Crippen molar-refractivity contribution in [3.05, 3.63) is 76.2 Å². The summed E-state index contributed by atoms with van der Waals surface area (Å²) >= 11 is 5.65. The fourth-order valence-electron chi connectivity index (χ4n) is 3.06.